The Bertz CT molecular complexity index is 678. The van der Waals surface area contributed by atoms with Crippen molar-refractivity contribution in [3.63, 3.8) is 0 Å². The molecule has 3 atom stereocenters. The summed E-state index contributed by atoms with van der Waals surface area (Å²) in [6, 6.07) is -1.16. The molecule has 2 heterocycles. The second-order valence-corrected chi connectivity index (χ2v) is 5.88. The maximum Gasteiger partial charge on any atom is 0.522 e. The smallest absolute Gasteiger partial charge is 0.359 e. The molecule has 1 saturated heterocycles. The van der Waals surface area contributed by atoms with Crippen LogP contribution < -0.4 is 5.32 Å². The topological polar surface area (TPSA) is 67.4 Å². The van der Waals surface area contributed by atoms with Crippen LogP contribution in [0.5, 0.6) is 0 Å². The van der Waals surface area contributed by atoms with E-state index in [1.54, 1.807) is 0 Å². The van der Waals surface area contributed by atoms with Crippen LogP contribution in [-0.4, -0.2) is 51.9 Å². The maximum atomic E-state index is 12.8. The van der Waals surface area contributed by atoms with Crippen LogP contribution in [0.2, 0.25) is 0 Å². The van der Waals surface area contributed by atoms with Gasteiger partial charge in [0.15, 0.2) is 0 Å². The largest absolute Gasteiger partial charge is 0.522 e. The summed E-state index contributed by atoms with van der Waals surface area (Å²) in [6.45, 7) is 3.77. The second-order valence-electron chi connectivity index (χ2n) is 5.88. The van der Waals surface area contributed by atoms with Crippen LogP contribution in [0.4, 0.5) is 32.2 Å². The van der Waals surface area contributed by atoms with Gasteiger partial charge in [-0.1, -0.05) is 0 Å². The molecule has 0 unspecified atom stereocenters. The van der Waals surface area contributed by atoms with Crippen molar-refractivity contribution < 1.29 is 35.9 Å². The van der Waals surface area contributed by atoms with Gasteiger partial charge in [-0.15, -0.1) is 13.2 Å². The number of nitrogens with zero attached hydrogens (tertiary/aromatic N) is 3. The standard InChI is InChI=1S/C14H16F6N4O2/c1-6(12(25)24-5-9(7(24)2)26-14(18,19)20)21-11-4-10(13(15,16)17)22-8(3)23-11/h4,6-7,9H,5H2,1-3H3,(H,21,22,23)/t6-,7+,9+/m1/s1. The first-order chi connectivity index (χ1) is 11.8. The molecule has 1 aromatic heterocycles. The quantitative estimate of drug-likeness (QED) is 0.806. The zero-order valence-corrected chi connectivity index (χ0v) is 13.9. The molecule has 26 heavy (non-hydrogen) atoms. The molecule has 1 N–H and O–H groups in total. The molecule has 2 rings (SSSR count). The van der Waals surface area contributed by atoms with E-state index in [4.69, 9.17) is 0 Å². The third kappa shape index (κ3) is 4.74. The number of likely N-dealkylation sites (tertiary alicyclic amines) is 1. The summed E-state index contributed by atoms with van der Waals surface area (Å²) in [7, 11) is 0. The SMILES string of the molecule is Cc1nc(N[C@H](C)C(=O)N2C[C@H](OC(F)(F)F)[C@@H]2C)cc(C(F)(F)F)n1. The Kier molecular flexibility index (Phi) is 5.36. The Labute approximate surface area is 144 Å². The van der Waals surface area contributed by atoms with E-state index >= 15 is 0 Å². The maximum absolute atomic E-state index is 12.8. The number of ether oxygens (including phenoxy) is 1. The van der Waals surface area contributed by atoms with Crippen molar-refractivity contribution in [1.82, 2.24) is 14.9 Å². The molecule has 1 amide bonds. The lowest BCUT2D eigenvalue weighted by molar-refractivity contribution is -0.359. The molecule has 146 valence electrons. The minimum Gasteiger partial charge on any atom is -0.359 e. The Balaban J connectivity index is 2.01. The van der Waals surface area contributed by atoms with E-state index in [0.717, 1.165) is 4.90 Å². The van der Waals surface area contributed by atoms with E-state index in [2.05, 4.69) is 20.0 Å². The van der Waals surface area contributed by atoms with E-state index in [1.807, 2.05) is 0 Å². The first-order valence-corrected chi connectivity index (χ1v) is 7.52. The van der Waals surface area contributed by atoms with Gasteiger partial charge < -0.3 is 10.2 Å². The molecule has 1 aliphatic rings. The number of hydrogen-bond acceptors (Lipinski definition) is 5. The minimum absolute atomic E-state index is 0.141. The van der Waals surface area contributed by atoms with E-state index in [1.165, 1.54) is 20.8 Å². The van der Waals surface area contributed by atoms with Gasteiger partial charge in [-0.2, -0.15) is 13.2 Å². The van der Waals surface area contributed by atoms with Crippen LogP contribution in [0.15, 0.2) is 6.07 Å². The summed E-state index contributed by atoms with van der Waals surface area (Å²) in [4.78, 5) is 20.5. The highest BCUT2D eigenvalue weighted by molar-refractivity contribution is 5.85. The highest BCUT2D eigenvalue weighted by atomic mass is 19.4. The van der Waals surface area contributed by atoms with Crippen molar-refractivity contribution in [3.05, 3.63) is 17.6 Å². The van der Waals surface area contributed by atoms with Crippen molar-refractivity contribution in [2.45, 2.75) is 51.5 Å². The van der Waals surface area contributed by atoms with Crippen LogP contribution in [0.25, 0.3) is 0 Å². The predicted octanol–water partition coefficient (Wildman–Crippen LogP) is 2.74. The zero-order valence-electron chi connectivity index (χ0n) is 13.9. The number of nitrogens with one attached hydrogen (secondary N) is 1. The number of aromatic nitrogens is 2. The van der Waals surface area contributed by atoms with Crippen molar-refractivity contribution in [2.75, 3.05) is 11.9 Å². The van der Waals surface area contributed by atoms with E-state index in [0.29, 0.717) is 6.07 Å². The lowest BCUT2D eigenvalue weighted by Gasteiger charge is -2.46. The zero-order chi connectivity index (χ0) is 19.9. The highest BCUT2D eigenvalue weighted by Gasteiger charge is 2.46. The van der Waals surface area contributed by atoms with E-state index in [9.17, 15) is 31.1 Å². The third-order valence-corrected chi connectivity index (χ3v) is 3.84. The monoisotopic (exact) mass is 386 g/mol. The van der Waals surface area contributed by atoms with Gasteiger partial charge in [-0.05, 0) is 20.8 Å². The number of anilines is 1. The Morgan fingerprint density at radius 2 is 1.92 bits per heavy atom. The van der Waals surface area contributed by atoms with Crippen molar-refractivity contribution >= 4 is 11.7 Å². The fraction of sp³-hybridized carbons (Fsp3) is 0.643. The van der Waals surface area contributed by atoms with Gasteiger partial charge in [0.1, 0.15) is 29.5 Å². The van der Waals surface area contributed by atoms with Crippen LogP contribution in [0.1, 0.15) is 25.4 Å². The first kappa shape index (κ1) is 20.2. The predicted molar refractivity (Wildman–Crippen MR) is 77.0 cm³/mol. The molecule has 0 radical (unpaired) electrons. The number of amides is 1. The van der Waals surface area contributed by atoms with Crippen LogP contribution in [-0.2, 0) is 15.7 Å². The number of rotatable bonds is 4. The van der Waals surface area contributed by atoms with Crippen molar-refractivity contribution in [2.24, 2.45) is 0 Å². The molecule has 12 heteroatoms. The number of aryl methyl sites for hydroxylation is 1. The average Bonchev–Trinajstić information content (AvgIpc) is 2.47. The Hall–Kier alpha value is -2.11. The Morgan fingerprint density at radius 3 is 2.42 bits per heavy atom. The van der Waals surface area contributed by atoms with Gasteiger partial charge in [-0.25, -0.2) is 9.97 Å². The number of halogens is 6. The average molecular weight is 386 g/mol. The molecule has 0 aromatic carbocycles. The lowest BCUT2D eigenvalue weighted by atomic mass is 10.00. The van der Waals surface area contributed by atoms with E-state index < -0.39 is 42.3 Å². The number of hydrogen-bond donors (Lipinski definition) is 1. The van der Waals surface area contributed by atoms with Gasteiger partial charge in [0, 0.05) is 12.6 Å². The van der Waals surface area contributed by atoms with Gasteiger partial charge in [-0.3, -0.25) is 9.53 Å². The molecule has 0 spiro atoms. The normalized spacial score (nSPS) is 22.0. The minimum atomic E-state index is -4.80. The van der Waals surface area contributed by atoms with Crippen LogP contribution >= 0.6 is 0 Å². The summed E-state index contributed by atoms with van der Waals surface area (Å²) < 4.78 is 78.8. The summed E-state index contributed by atoms with van der Waals surface area (Å²) in [6.07, 6.45) is -10.7. The molecule has 0 saturated carbocycles. The lowest BCUT2D eigenvalue weighted by Crippen LogP contribution is -2.64. The fourth-order valence-corrected chi connectivity index (χ4v) is 2.49. The number of alkyl halides is 6. The summed E-state index contributed by atoms with van der Waals surface area (Å²) >= 11 is 0. The molecule has 1 aromatic rings. The Morgan fingerprint density at radius 1 is 1.31 bits per heavy atom. The molecular weight excluding hydrogens is 370 g/mol. The van der Waals surface area contributed by atoms with Crippen LogP contribution in [0.3, 0.4) is 0 Å². The van der Waals surface area contributed by atoms with Crippen molar-refractivity contribution in [1.29, 1.82) is 0 Å². The number of carbonyl (C=O) groups is 1. The third-order valence-electron chi connectivity index (χ3n) is 3.84. The first-order valence-electron chi connectivity index (χ1n) is 7.52. The number of carbonyl (C=O) groups excluding carboxylic acids is 1. The molecule has 6 nitrogen and oxygen atoms in total. The van der Waals surface area contributed by atoms with Gasteiger partial charge in [0.25, 0.3) is 0 Å². The highest BCUT2D eigenvalue weighted by Crippen LogP contribution is 2.30. The molecule has 1 fully saturated rings. The van der Waals surface area contributed by atoms with Crippen molar-refractivity contribution in [3.8, 4) is 0 Å². The second kappa shape index (κ2) is 6.89. The molecule has 0 bridgehead atoms. The summed E-state index contributed by atoms with van der Waals surface area (Å²) in [5.41, 5.74) is -1.16. The molecular formula is C14H16F6N4O2. The summed E-state index contributed by atoms with van der Waals surface area (Å²) in [5.74, 6) is -0.927. The van der Waals surface area contributed by atoms with Gasteiger partial charge >= 0.3 is 12.5 Å². The van der Waals surface area contributed by atoms with E-state index in [-0.39, 0.29) is 18.2 Å². The molecule has 1 aliphatic heterocycles. The van der Waals surface area contributed by atoms with Gasteiger partial charge in [0.05, 0.1) is 6.04 Å². The fourth-order valence-electron chi connectivity index (χ4n) is 2.49. The summed E-state index contributed by atoms with van der Waals surface area (Å²) in [5, 5.41) is 2.52. The van der Waals surface area contributed by atoms with Crippen LogP contribution in [0, 0.1) is 6.92 Å². The molecule has 0 aliphatic carbocycles. The van der Waals surface area contributed by atoms with Gasteiger partial charge in [0.2, 0.25) is 5.91 Å².